The summed E-state index contributed by atoms with van der Waals surface area (Å²) in [6.07, 6.45) is 0.896. The van der Waals surface area contributed by atoms with Gasteiger partial charge in [0.2, 0.25) is 0 Å². The van der Waals surface area contributed by atoms with Gasteiger partial charge in [-0.2, -0.15) is 0 Å². The third-order valence-electron chi connectivity index (χ3n) is 3.46. The summed E-state index contributed by atoms with van der Waals surface area (Å²) in [6.45, 7) is 9.46. The second-order valence-electron chi connectivity index (χ2n) is 8.76. The van der Waals surface area contributed by atoms with Crippen molar-refractivity contribution in [2.75, 3.05) is 20.3 Å². The van der Waals surface area contributed by atoms with E-state index in [1.807, 2.05) is 24.3 Å². The van der Waals surface area contributed by atoms with Crippen LogP contribution in [0, 0.1) is 0 Å². The van der Waals surface area contributed by atoms with E-state index in [1.54, 1.807) is 48.7 Å². The van der Waals surface area contributed by atoms with Gasteiger partial charge in [0.15, 0.2) is 0 Å². The second kappa shape index (κ2) is 12.0. The van der Waals surface area contributed by atoms with Crippen molar-refractivity contribution in [2.24, 2.45) is 0 Å². The van der Waals surface area contributed by atoms with Gasteiger partial charge in [-0.05, 0) is 65.3 Å². The van der Waals surface area contributed by atoms with Gasteiger partial charge in [0.05, 0.1) is 13.4 Å². The van der Waals surface area contributed by atoms with Crippen molar-refractivity contribution < 1.29 is 38.1 Å². The van der Waals surface area contributed by atoms with Gasteiger partial charge < -0.3 is 23.7 Å². The number of carbonyl (C=O) groups excluding carboxylic acids is 3. The predicted octanol–water partition coefficient (Wildman–Crippen LogP) is 4.44. The molecule has 178 valence electrons. The number of benzene rings is 1. The third-order valence-corrected chi connectivity index (χ3v) is 3.46. The number of rotatable bonds is 8. The molecule has 0 radical (unpaired) electrons. The molecule has 0 unspecified atom stereocenters. The molecule has 0 saturated carbocycles. The van der Waals surface area contributed by atoms with Crippen LogP contribution in [0.3, 0.4) is 0 Å². The third kappa shape index (κ3) is 11.2. The Bertz CT molecular complexity index is 760. The maximum atomic E-state index is 12.4. The maximum absolute atomic E-state index is 12.4. The normalized spacial score (nSPS) is 11.6. The first-order valence-electron chi connectivity index (χ1n) is 10.1. The molecule has 0 heterocycles. The summed E-state index contributed by atoms with van der Waals surface area (Å²) in [7, 11) is 1.59. The van der Waals surface area contributed by atoms with Gasteiger partial charge in [-0.15, -0.1) is 0 Å². The summed E-state index contributed by atoms with van der Waals surface area (Å²) in [6, 6.07) is 7.39. The number of esters is 1. The van der Waals surface area contributed by atoms with Gasteiger partial charge in [0.1, 0.15) is 36.7 Å². The molecular formula is C23H33NO8. The van der Waals surface area contributed by atoms with Crippen molar-refractivity contribution in [3.05, 3.63) is 42.2 Å². The first-order valence-corrected chi connectivity index (χ1v) is 10.1. The van der Waals surface area contributed by atoms with Gasteiger partial charge in [0, 0.05) is 0 Å². The zero-order chi connectivity index (χ0) is 24.4. The van der Waals surface area contributed by atoms with Gasteiger partial charge in [-0.3, -0.25) is 4.79 Å². The summed E-state index contributed by atoms with van der Waals surface area (Å²) in [5.74, 6) is -0.0514. The lowest BCUT2D eigenvalue weighted by molar-refractivity contribution is -0.143. The molecule has 9 heteroatoms. The van der Waals surface area contributed by atoms with E-state index < -0.39 is 35.9 Å². The van der Waals surface area contributed by atoms with E-state index in [1.165, 1.54) is 12.3 Å². The van der Waals surface area contributed by atoms with Crippen LogP contribution in [0.15, 0.2) is 36.6 Å². The summed E-state index contributed by atoms with van der Waals surface area (Å²) in [4.78, 5) is 37.4. The number of nitrogens with zero attached hydrogens (tertiary/aromatic N) is 1. The lowest BCUT2D eigenvalue weighted by Crippen LogP contribution is -2.46. The molecule has 0 aromatic heterocycles. The van der Waals surface area contributed by atoms with E-state index in [0.29, 0.717) is 11.5 Å². The molecule has 0 aliphatic heterocycles. The zero-order valence-corrected chi connectivity index (χ0v) is 19.8. The van der Waals surface area contributed by atoms with Crippen LogP contribution >= 0.6 is 0 Å². The monoisotopic (exact) mass is 451 g/mol. The van der Waals surface area contributed by atoms with Crippen LogP contribution in [-0.2, 0) is 30.3 Å². The number of imide groups is 1. The molecule has 9 nitrogen and oxygen atoms in total. The van der Waals surface area contributed by atoms with Crippen molar-refractivity contribution in [2.45, 2.75) is 59.4 Å². The fourth-order valence-electron chi connectivity index (χ4n) is 2.13. The Morgan fingerprint density at radius 1 is 0.906 bits per heavy atom. The summed E-state index contributed by atoms with van der Waals surface area (Å²) >= 11 is 0. The minimum atomic E-state index is -0.998. The maximum Gasteiger partial charge on any atom is 0.420 e. The number of hydrogen-bond acceptors (Lipinski definition) is 8. The quantitative estimate of drug-likeness (QED) is 0.325. The highest BCUT2D eigenvalue weighted by Gasteiger charge is 2.33. The van der Waals surface area contributed by atoms with E-state index in [0.717, 1.165) is 11.3 Å². The molecule has 0 fully saturated rings. The Morgan fingerprint density at radius 2 is 1.44 bits per heavy atom. The predicted molar refractivity (Wildman–Crippen MR) is 117 cm³/mol. The van der Waals surface area contributed by atoms with Gasteiger partial charge in [0.25, 0.3) is 0 Å². The van der Waals surface area contributed by atoms with E-state index in [-0.39, 0.29) is 6.61 Å². The average molecular weight is 452 g/mol. The molecule has 32 heavy (non-hydrogen) atoms. The molecule has 0 aliphatic rings. The molecular weight excluding hydrogens is 418 g/mol. The number of carbonyl (C=O) groups is 3. The summed E-state index contributed by atoms with van der Waals surface area (Å²) in [5, 5.41) is 0. The fourth-order valence-corrected chi connectivity index (χ4v) is 2.13. The Labute approximate surface area is 189 Å². The van der Waals surface area contributed by atoms with Crippen LogP contribution in [0.2, 0.25) is 0 Å². The number of ether oxygens (including phenoxy) is 5. The van der Waals surface area contributed by atoms with Crippen molar-refractivity contribution in [1.29, 1.82) is 0 Å². The van der Waals surface area contributed by atoms with Crippen LogP contribution < -0.4 is 4.74 Å². The van der Waals surface area contributed by atoms with Crippen molar-refractivity contribution >= 4 is 18.2 Å². The molecule has 1 rings (SSSR count). The van der Waals surface area contributed by atoms with Gasteiger partial charge in [-0.25, -0.2) is 14.5 Å². The highest BCUT2D eigenvalue weighted by molar-refractivity contribution is 5.92. The Kier molecular flexibility index (Phi) is 10.0. The minimum Gasteiger partial charge on any atom is -0.497 e. The van der Waals surface area contributed by atoms with E-state index >= 15 is 0 Å². The topological polar surface area (TPSA) is 101 Å². The van der Waals surface area contributed by atoms with E-state index in [4.69, 9.17) is 23.7 Å². The van der Waals surface area contributed by atoms with E-state index in [9.17, 15) is 14.4 Å². The Morgan fingerprint density at radius 3 is 1.91 bits per heavy atom. The largest absolute Gasteiger partial charge is 0.497 e. The van der Waals surface area contributed by atoms with E-state index in [2.05, 4.69) is 0 Å². The summed E-state index contributed by atoms with van der Waals surface area (Å²) < 4.78 is 25.9. The van der Waals surface area contributed by atoms with Crippen LogP contribution in [0.1, 0.15) is 47.1 Å². The Balaban J connectivity index is 2.54. The number of amides is 2. The van der Waals surface area contributed by atoms with Crippen LogP contribution in [0.25, 0.3) is 0 Å². The molecule has 0 aliphatic carbocycles. The average Bonchev–Trinajstić information content (AvgIpc) is 2.66. The van der Waals surface area contributed by atoms with Crippen molar-refractivity contribution in [3.63, 3.8) is 0 Å². The highest BCUT2D eigenvalue weighted by Crippen LogP contribution is 2.15. The first-order chi connectivity index (χ1) is 14.8. The highest BCUT2D eigenvalue weighted by atomic mass is 16.6. The SMILES string of the molecule is COc1ccc(CO/C=C/COC(=O)CN(C(=O)OC(C)(C)C)C(=O)OC(C)(C)C)cc1. The molecule has 1 aromatic carbocycles. The van der Waals surface area contributed by atoms with Gasteiger partial charge in [-0.1, -0.05) is 12.1 Å². The molecule has 1 aromatic rings. The molecule has 0 spiro atoms. The lowest BCUT2D eigenvalue weighted by Gasteiger charge is -2.28. The Hall–Kier alpha value is -3.23. The van der Waals surface area contributed by atoms with Gasteiger partial charge >= 0.3 is 18.2 Å². The van der Waals surface area contributed by atoms with Crippen LogP contribution in [-0.4, -0.2) is 54.5 Å². The lowest BCUT2D eigenvalue weighted by atomic mass is 10.2. The number of methoxy groups -OCH3 is 1. The van der Waals surface area contributed by atoms with Crippen molar-refractivity contribution in [1.82, 2.24) is 4.90 Å². The molecule has 2 amide bonds. The van der Waals surface area contributed by atoms with Crippen LogP contribution in [0.4, 0.5) is 9.59 Å². The minimum absolute atomic E-state index is 0.0993. The molecule has 0 atom stereocenters. The van der Waals surface area contributed by atoms with Crippen molar-refractivity contribution in [3.8, 4) is 5.75 Å². The first kappa shape index (κ1) is 26.8. The molecule has 0 bridgehead atoms. The summed E-state index contributed by atoms with van der Waals surface area (Å²) in [5.41, 5.74) is -0.769. The second-order valence-corrected chi connectivity index (χ2v) is 8.76. The van der Waals surface area contributed by atoms with Crippen LogP contribution in [0.5, 0.6) is 5.75 Å². The smallest absolute Gasteiger partial charge is 0.420 e. The number of hydrogen-bond donors (Lipinski definition) is 0. The fraction of sp³-hybridized carbons (Fsp3) is 0.522. The molecule has 0 N–H and O–H groups in total. The standard InChI is InChI=1S/C23H33NO8/c1-22(2,3)31-20(26)24(21(27)32-23(4,5)6)15-19(25)30-14-8-13-29-16-17-9-11-18(28-7)12-10-17/h8-13H,14-16H2,1-7H3/b13-8+. The zero-order valence-electron chi connectivity index (χ0n) is 19.8. The molecule has 0 saturated heterocycles.